The molecule has 0 saturated carbocycles. The smallest absolute Gasteiger partial charge is 0.361 e. The number of rotatable bonds is 5. The molecule has 0 saturated heterocycles. The Morgan fingerprint density at radius 1 is 0.643 bits per heavy atom. The van der Waals surface area contributed by atoms with Crippen LogP contribution in [0.25, 0.3) is 34.6 Å². The molecule has 0 aliphatic rings. The molecule has 0 aliphatic carbocycles. The first kappa shape index (κ1) is 17.7. The third-order valence-corrected chi connectivity index (χ3v) is 4.53. The van der Waals surface area contributed by atoms with Gasteiger partial charge >= 0.3 is 11.5 Å². The topological polar surface area (TPSA) is 20.5 Å². The van der Waals surface area contributed by atoms with Crippen LogP contribution in [-0.4, -0.2) is 7.11 Å². The van der Waals surface area contributed by atoms with Crippen LogP contribution in [0.5, 0.6) is 5.75 Å². The van der Waals surface area contributed by atoms with E-state index < -0.39 is 0 Å². The molecule has 3 aromatic carbocycles. The van der Waals surface area contributed by atoms with Crippen molar-refractivity contribution in [1.29, 1.82) is 0 Å². The molecule has 2 nitrogen and oxygen atoms in total. The van der Waals surface area contributed by atoms with Crippen molar-refractivity contribution in [3.8, 4) is 28.2 Å². The predicted octanol–water partition coefficient (Wildman–Crippen LogP) is 7.07. The van der Waals surface area contributed by atoms with Crippen LogP contribution in [0.3, 0.4) is 0 Å². The number of benzene rings is 3. The van der Waals surface area contributed by atoms with Gasteiger partial charge in [-0.3, -0.25) is 0 Å². The first-order chi connectivity index (χ1) is 13.8. The van der Waals surface area contributed by atoms with Gasteiger partial charge in [0, 0.05) is 11.6 Å². The molecule has 0 atom stereocenters. The van der Waals surface area contributed by atoms with Gasteiger partial charge in [0.25, 0.3) is 0 Å². The first-order valence-corrected chi connectivity index (χ1v) is 9.23. The summed E-state index contributed by atoms with van der Waals surface area (Å²) in [6, 6.07) is 32.6. The lowest BCUT2D eigenvalue weighted by atomic mass is 10.0. The van der Waals surface area contributed by atoms with Gasteiger partial charge in [-0.05, 0) is 41.5 Å². The fourth-order valence-corrected chi connectivity index (χ4v) is 3.04. The zero-order valence-electron chi connectivity index (χ0n) is 15.7. The molecule has 0 spiro atoms. The lowest BCUT2D eigenvalue weighted by molar-refractivity contribution is 0.415. The summed E-state index contributed by atoms with van der Waals surface area (Å²) in [5, 5.41) is 0. The SMILES string of the molecule is COc1ccc(C=Cc2cc(-c3ccccc3)cc(-c3ccccc3)[o+]2)cc1. The molecule has 4 rings (SSSR count). The van der Waals surface area contributed by atoms with Crippen LogP contribution in [0, 0.1) is 0 Å². The van der Waals surface area contributed by atoms with Gasteiger partial charge in [-0.1, -0.05) is 60.7 Å². The highest BCUT2D eigenvalue weighted by Gasteiger charge is 2.17. The minimum Gasteiger partial charge on any atom is -0.497 e. The Morgan fingerprint density at radius 2 is 1.29 bits per heavy atom. The fourth-order valence-electron chi connectivity index (χ4n) is 3.04. The predicted molar refractivity (Wildman–Crippen MR) is 116 cm³/mol. The second-order valence-electron chi connectivity index (χ2n) is 6.45. The van der Waals surface area contributed by atoms with E-state index in [1.807, 2.05) is 60.7 Å². The molecule has 1 aromatic heterocycles. The molecule has 1 heterocycles. The van der Waals surface area contributed by atoms with Crippen molar-refractivity contribution in [2.75, 3.05) is 7.11 Å². The van der Waals surface area contributed by atoms with E-state index in [2.05, 4.69) is 48.5 Å². The third kappa shape index (κ3) is 4.18. The van der Waals surface area contributed by atoms with E-state index in [1.54, 1.807) is 7.11 Å². The highest BCUT2D eigenvalue weighted by Crippen LogP contribution is 2.29. The Morgan fingerprint density at radius 3 is 1.93 bits per heavy atom. The van der Waals surface area contributed by atoms with Gasteiger partial charge in [0.05, 0.1) is 24.8 Å². The van der Waals surface area contributed by atoms with Crippen LogP contribution in [0.15, 0.2) is 101 Å². The molecule has 28 heavy (non-hydrogen) atoms. The Hall–Kier alpha value is -3.65. The molecular weight excluding hydrogens is 344 g/mol. The molecule has 0 bridgehead atoms. The van der Waals surface area contributed by atoms with Crippen LogP contribution in [0.4, 0.5) is 0 Å². The van der Waals surface area contributed by atoms with Gasteiger partial charge < -0.3 is 4.74 Å². The molecule has 0 amide bonds. The zero-order chi connectivity index (χ0) is 19.2. The van der Waals surface area contributed by atoms with E-state index in [1.165, 1.54) is 0 Å². The Labute approximate surface area is 165 Å². The normalized spacial score (nSPS) is 10.9. The van der Waals surface area contributed by atoms with E-state index in [9.17, 15) is 0 Å². The molecule has 0 unspecified atom stereocenters. The summed E-state index contributed by atoms with van der Waals surface area (Å²) in [6.07, 6.45) is 4.04. The quantitative estimate of drug-likeness (QED) is 0.352. The molecule has 0 radical (unpaired) electrons. The Bertz CT molecular complexity index is 1010. The van der Waals surface area contributed by atoms with Crippen molar-refractivity contribution in [3.63, 3.8) is 0 Å². The average molecular weight is 365 g/mol. The van der Waals surface area contributed by atoms with Crippen molar-refractivity contribution < 1.29 is 9.15 Å². The van der Waals surface area contributed by atoms with E-state index in [-0.39, 0.29) is 0 Å². The highest BCUT2D eigenvalue weighted by atomic mass is 16.5. The minimum atomic E-state index is 0.802. The summed E-state index contributed by atoms with van der Waals surface area (Å²) >= 11 is 0. The maximum Gasteiger partial charge on any atom is 0.361 e. The lowest BCUT2D eigenvalue weighted by Gasteiger charge is -2.01. The lowest BCUT2D eigenvalue weighted by Crippen LogP contribution is -1.85. The summed E-state index contributed by atoms with van der Waals surface area (Å²) in [7, 11) is 1.67. The Balaban J connectivity index is 1.74. The number of methoxy groups -OCH3 is 1. The van der Waals surface area contributed by atoms with Gasteiger partial charge in [0.2, 0.25) is 0 Å². The standard InChI is InChI=1S/C26H21O2/c1-27-24-15-12-20(13-16-24)14-17-25-18-23(21-8-4-2-5-9-21)19-26(28-25)22-10-6-3-7-11-22/h2-19H,1H3/q+1. The van der Waals surface area contributed by atoms with Crippen LogP contribution < -0.4 is 4.74 Å². The van der Waals surface area contributed by atoms with Crippen molar-refractivity contribution in [2.24, 2.45) is 0 Å². The molecule has 2 heteroatoms. The van der Waals surface area contributed by atoms with Crippen LogP contribution in [-0.2, 0) is 0 Å². The van der Waals surface area contributed by atoms with Crippen molar-refractivity contribution in [2.45, 2.75) is 0 Å². The molecule has 136 valence electrons. The number of hydrogen-bond donors (Lipinski definition) is 0. The maximum absolute atomic E-state index is 6.18. The molecular formula is C26H21O2+. The average Bonchev–Trinajstić information content (AvgIpc) is 2.79. The highest BCUT2D eigenvalue weighted by molar-refractivity contribution is 5.74. The van der Waals surface area contributed by atoms with E-state index in [0.29, 0.717) is 0 Å². The van der Waals surface area contributed by atoms with Gasteiger partial charge in [0.15, 0.2) is 0 Å². The second kappa shape index (κ2) is 8.36. The third-order valence-electron chi connectivity index (χ3n) is 4.53. The molecule has 0 aliphatic heterocycles. The summed E-state index contributed by atoms with van der Waals surface area (Å²) in [5.41, 5.74) is 4.43. The van der Waals surface area contributed by atoms with Gasteiger partial charge in [-0.15, -0.1) is 0 Å². The van der Waals surface area contributed by atoms with Gasteiger partial charge in [-0.2, -0.15) is 0 Å². The summed E-state index contributed by atoms with van der Waals surface area (Å²) in [6.45, 7) is 0. The molecule has 4 aromatic rings. The van der Waals surface area contributed by atoms with E-state index >= 15 is 0 Å². The van der Waals surface area contributed by atoms with Crippen LogP contribution in [0.1, 0.15) is 11.3 Å². The second-order valence-corrected chi connectivity index (χ2v) is 6.45. The number of ether oxygens (including phenoxy) is 1. The minimum absolute atomic E-state index is 0.802. The Kier molecular flexibility index (Phi) is 5.30. The summed E-state index contributed by atoms with van der Waals surface area (Å²) in [4.78, 5) is 0. The van der Waals surface area contributed by atoms with Gasteiger partial charge in [-0.25, -0.2) is 4.42 Å². The van der Waals surface area contributed by atoms with Crippen LogP contribution >= 0.6 is 0 Å². The zero-order valence-corrected chi connectivity index (χ0v) is 15.7. The summed E-state index contributed by atoms with van der Waals surface area (Å²) < 4.78 is 11.4. The largest absolute Gasteiger partial charge is 0.497 e. The first-order valence-electron chi connectivity index (χ1n) is 9.23. The summed E-state index contributed by atoms with van der Waals surface area (Å²) in [5.74, 6) is 2.49. The van der Waals surface area contributed by atoms with E-state index in [4.69, 9.17) is 9.15 Å². The fraction of sp³-hybridized carbons (Fsp3) is 0.0385. The monoisotopic (exact) mass is 365 g/mol. The van der Waals surface area contributed by atoms with Crippen molar-refractivity contribution in [3.05, 3.63) is 108 Å². The van der Waals surface area contributed by atoms with Crippen molar-refractivity contribution >= 4 is 12.2 Å². The molecule has 0 N–H and O–H groups in total. The van der Waals surface area contributed by atoms with E-state index in [0.717, 1.165) is 39.5 Å². The maximum atomic E-state index is 6.18. The number of hydrogen-bond acceptors (Lipinski definition) is 1. The van der Waals surface area contributed by atoms with Crippen molar-refractivity contribution in [1.82, 2.24) is 0 Å². The van der Waals surface area contributed by atoms with Crippen LogP contribution in [0.2, 0.25) is 0 Å². The van der Waals surface area contributed by atoms with Gasteiger partial charge in [0.1, 0.15) is 5.75 Å². The molecule has 0 fully saturated rings.